The zero-order chi connectivity index (χ0) is 20.1. The molecular weight excluding hydrogens is 513 g/mol. The maximum atomic E-state index is 6.19. The highest BCUT2D eigenvalue weighted by Gasteiger charge is 2.18. The van der Waals surface area contributed by atoms with E-state index < -0.39 is 0 Å². The molecule has 1 fully saturated rings. The number of halogens is 1. The predicted octanol–water partition coefficient (Wildman–Crippen LogP) is 3.75. The Morgan fingerprint density at radius 1 is 1.40 bits per heavy atom. The minimum absolute atomic E-state index is 0. The van der Waals surface area contributed by atoms with Crippen LogP contribution in [-0.2, 0) is 17.8 Å². The molecule has 30 heavy (non-hydrogen) atoms. The highest BCUT2D eigenvalue weighted by Crippen LogP contribution is 2.24. The third-order valence-corrected chi connectivity index (χ3v) is 5.51. The number of ether oxygens (including phenoxy) is 2. The van der Waals surface area contributed by atoms with Gasteiger partial charge in [0.05, 0.1) is 32.0 Å². The van der Waals surface area contributed by atoms with Gasteiger partial charge in [-0.1, -0.05) is 12.1 Å². The van der Waals surface area contributed by atoms with Crippen molar-refractivity contribution in [1.82, 2.24) is 20.0 Å². The summed E-state index contributed by atoms with van der Waals surface area (Å²) in [5.74, 6) is 1.66. The Hall–Kier alpha value is -1.85. The molecule has 0 saturated carbocycles. The van der Waals surface area contributed by atoms with Crippen molar-refractivity contribution in [3.05, 3.63) is 52.8 Å². The van der Waals surface area contributed by atoms with E-state index >= 15 is 0 Å². The number of guanidine groups is 1. The van der Waals surface area contributed by atoms with Crippen molar-refractivity contribution < 1.29 is 9.47 Å². The average Bonchev–Trinajstić information content (AvgIpc) is 3.43. The second-order valence-electron chi connectivity index (χ2n) is 7.09. The second kappa shape index (κ2) is 11.0. The average molecular weight is 541 g/mol. The molecule has 0 radical (unpaired) electrons. The Labute approximate surface area is 197 Å². The van der Waals surface area contributed by atoms with Crippen molar-refractivity contribution in [2.45, 2.75) is 39.5 Å². The van der Waals surface area contributed by atoms with Crippen molar-refractivity contribution >= 4 is 46.2 Å². The second-order valence-corrected chi connectivity index (χ2v) is 7.96. The van der Waals surface area contributed by atoms with Gasteiger partial charge in [0.1, 0.15) is 11.9 Å². The molecule has 0 amide bonds. The molecule has 3 aromatic rings. The molecule has 0 spiro atoms. The van der Waals surface area contributed by atoms with Crippen LogP contribution in [0.15, 0.2) is 41.0 Å². The molecular formula is C21H28IN5O2S. The lowest BCUT2D eigenvalue weighted by molar-refractivity contribution is 0.140. The van der Waals surface area contributed by atoms with Crippen molar-refractivity contribution in [3.63, 3.8) is 0 Å². The number of fused-ring (bicyclic) bond motifs is 1. The highest BCUT2D eigenvalue weighted by molar-refractivity contribution is 14.0. The number of aromatic nitrogens is 2. The van der Waals surface area contributed by atoms with E-state index in [4.69, 9.17) is 14.5 Å². The van der Waals surface area contributed by atoms with Crippen LogP contribution in [0, 0.1) is 6.92 Å². The van der Waals surface area contributed by atoms with Gasteiger partial charge in [0.2, 0.25) is 0 Å². The molecule has 1 aliphatic heterocycles. The number of benzene rings is 1. The van der Waals surface area contributed by atoms with Crippen LogP contribution < -0.4 is 15.4 Å². The molecule has 1 atom stereocenters. The van der Waals surface area contributed by atoms with Crippen LogP contribution in [0.4, 0.5) is 0 Å². The fourth-order valence-electron chi connectivity index (χ4n) is 3.23. The molecule has 4 rings (SSSR count). The summed E-state index contributed by atoms with van der Waals surface area (Å²) < 4.78 is 13.7. The monoisotopic (exact) mass is 541 g/mol. The maximum absolute atomic E-state index is 6.19. The molecule has 7 nitrogen and oxygen atoms in total. The normalized spacial score (nSPS) is 16.5. The first kappa shape index (κ1) is 22.8. The van der Waals surface area contributed by atoms with E-state index in [1.807, 2.05) is 22.2 Å². The Morgan fingerprint density at radius 2 is 2.30 bits per heavy atom. The number of rotatable bonds is 7. The Kier molecular flexibility index (Phi) is 8.34. The van der Waals surface area contributed by atoms with E-state index in [0.717, 1.165) is 47.5 Å². The molecule has 1 saturated heterocycles. The van der Waals surface area contributed by atoms with E-state index in [2.05, 4.69) is 47.7 Å². The van der Waals surface area contributed by atoms with E-state index in [-0.39, 0.29) is 30.1 Å². The molecule has 1 aliphatic rings. The van der Waals surface area contributed by atoms with Gasteiger partial charge in [0.25, 0.3) is 0 Å². The zero-order valence-electron chi connectivity index (χ0n) is 17.3. The van der Waals surface area contributed by atoms with E-state index in [9.17, 15) is 0 Å². The number of aryl methyl sites for hydroxylation is 1. The van der Waals surface area contributed by atoms with Crippen molar-refractivity contribution in [2.24, 2.45) is 4.99 Å². The largest absolute Gasteiger partial charge is 0.488 e. The molecule has 162 valence electrons. The first-order chi connectivity index (χ1) is 14.2. The first-order valence-electron chi connectivity index (χ1n) is 9.98. The van der Waals surface area contributed by atoms with Crippen molar-refractivity contribution in [1.29, 1.82) is 0 Å². The molecule has 0 aliphatic carbocycles. The summed E-state index contributed by atoms with van der Waals surface area (Å²) in [5, 5.41) is 8.70. The van der Waals surface area contributed by atoms with Gasteiger partial charge in [-0.2, -0.15) is 0 Å². The molecule has 0 bridgehead atoms. The maximum Gasteiger partial charge on any atom is 0.193 e. The lowest BCUT2D eigenvalue weighted by Gasteiger charge is -2.16. The van der Waals surface area contributed by atoms with Gasteiger partial charge in [-0.25, -0.2) is 9.98 Å². The summed E-state index contributed by atoms with van der Waals surface area (Å²) in [4.78, 5) is 10.4. The molecule has 2 aromatic heterocycles. The topological polar surface area (TPSA) is 72.2 Å². The van der Waals surface area contributed by atoms with Crippen molar-refractivity contribution in [2.75, 3.05) is 19.8 Å². The minimum Gasteiger partial charge on any atom is -0.488 e. The van der Waals surface area contributed by atoms with Crippen LogP contribution in [-0.4, -0.2) is 41.2 Å². The van der Waals surface area contributed by atoms with Crippen LogP contribution in [0.5, 0.6) is 5.75 Å². The molecule has 9 heteroatoms. The number of nitrogens with one attached hydrogen (secondary N) is 2. The fraction of sp³-hybridized carbons (Fsp3) is 0.429. The Bertz CT molecular complexity index is 952. The lowest BCUT2D eigenvalue weighted by atomic mass is 10.1. The standard InChI is InChI=1S/C21H27N5O2S.HI/c1-3-22-20(24-12-17-13-26-7-9-29-21(26)25-17)23-11-16-5-4-15(2)10-19(16)28-18-6-8-27-14-18;/h4-5,7,9-10,13,18H,3,6,8,11-12,14H2,1-2H3,(H2,22,23,24);1H. The number of nitrogens with zero attached hydrogens (tertiary/aromatic N) is 3. The minimum atomic E-state index is 0. The summed E-state index contributed by atoms with van der Waals surface area (Å²) in [6.45, 7) is 7.51. The van der Waals surface area contributed by atoms with Crippen LogP contribution >= 0.6 is 35.3 Å². The van der Waals surface area contributed by atoms with Gasteiger partial charge < -0.3 is 20.1 Å². The van der Waals surface area contributed by atoms with Crippen molar-refractivity contribution in [3.8, 4) is 5.75 Å². The van der Waals surface area contributed by atoms with Crippen LogP contribution in [0.25, 0.3) is 4.96 Å². The number of hydrogen-bond donors (Lipinski definition) is 2. The SMILES string of the molecule is CCNC(=NCc1ccc(C)cc1OC1CCOC1)NCc1cn2ccsc2n1.I. The summed E-state index contributed by atoms with van der Waals surface area (Å²) in [6.07, 6.45) is 5.12. The third kappa shape index (κ3) is 5.86. The highest BCUT2D eigenvalue weighted by atomic mass is 127. The van der Waals surface area contributed by atoms with E-state index in [1.165, 1.54) is 5.56 Å². The van der Waals surface area contributed by atoms with Gasteiger partial charge >= 0.3 is 0 Å². The van der Waals surface area contributed by atoms with E-state index in [1.54, 1.807) is 11.3 Å². The Morgan fingerprint density at radius 3 is 3.07 bits per heavy atom. The summed E-state index contributed by atoms with van der Waals surface area (Å²) >= 11 is 1.63. The quantitative estimate of drug-likeness (QED) is 0.271. The molecule has 1 unspecified atom stereocenters. The number of imidazole rings is 1. The number of aliphatic imine (C=N–C) groups is 1. The zero-order valence-corrected chi connectivity index (χ0v) is 20.4. The van der Waals surface area contributed by atoms with Gasteiger partial charge in [0, 0.05) is 36.3 Å². The summed E-state index contributed by atoms with van der Waals surface area (Å²) in [7, 11) is 0. The summed E-state index contributed by atoms with van der Waals surface area (Å²) in [6, 6.07) is 6.28. The van der Waals surface area contributed by atoms with Gasteiger partial charge in [-0.05, 0) is 25.5 Å². The predicted molar refractivity (Wildman–Crippen MR) is 131 cm³/mol. The van der Waals surface area contributed by atoms with Crippen LogP contribution in [0.2, 0.25) is 0 Å². The first-order valence-corrected chi connectivity index (χ1v) is 10.9. The smallest absolute Gasteiger partial charge is 0.193 e. The van der Waals surface area contributed by atoms with Gasteiger partial charge in [-0.15, -0.1) is 35.3 Å². The Balaban J connectivity index is 0.00000256. The number of hydrogen-bond acceptors (Lipinski definition) is 5. The third-order valence-electron chi connectivity index (χ3n) is 4.74. The van der Waals surface area contributed by atoms with Crippen LogP contribution in [0.3, 0.4) is 0 Å². The molecule has 2 N–H and O–H groups in total. The van der Waals surface area contributed by atoms with Gasteiger partial charge in [-0.3, -0.25) is 4.40 Å². The summed E-state index contributed by atoms with van der Waals surface area (Å²) in [5.41, 5.74) is 3.24. The fourth-order valence-corrected chi connectivity index (χ4v) is 3.95. The lowest BCUT2D eigenvalue weighted by Crippen LogP contribution is -2.36. The molecule has 1 aromatic carbocycles. The van der Waals surface area contributed by atoms with Crippen LogP contribution in [0.1, 0.15) is 30.2 Å². The van der Waals surface area contributed by atoms with Gasteiger partial charge in [0.15, 0.2) is 10.9 Å². The molecule has 3 heterocycles. The number of thiazole rings is 1. The van der Waals surface area contributed by atoms with E-state index in [0.29, 0.717) is 19.7 Å².